The van der Waals surface area contributed by atoms with Gasteiger partial charge in [-0.05, 0) is 61.6 Å². The van der Waals surface area contributed by atoms with Crippen LogP contribution in [-0.4, -0.2) is 30.8 Å². The van der Waals surface area contributed by atoms with E-state index in [-0.39, 0.29) is 6.10 Å². The number of piperidine rings is 1. The monoisotopic (exact) mass is 323 g/mol. The molecule has 2 N–H and O–H groups in total. The van der Waals surface area contributed by atoms with Crippen molar-refractivity contribution in [2.45, 2.75) is 31.8 Å². The van der Waals surface area contributed by atoms with Gasteiger partial charge in [-0.2, -0.15) is 5.26 Å². The fourth-order valence-corrected chi connectivity index (χ4v) is 4.50. The number of nitriles is 1. The summed E-state index contributed by atoms with van der Waals surface area (Å²) >= 11 is 0. The van der Waals surface area contributed by atoms with E-state index < -0.39 is 0 Å². The molecule has 0 spiro atoms. The molecule has 0 amide bonds. The average molecular weight is 323 g/mol. The van der Waals surface area contributed by atoms with Gasteiger partial charge in [0, 0.05) is 25.3 Å². The molecule has 2 bridgehead atoms. The predicted molar refractivity (Wildman–Crippen MR) is 95.9 cm³/mol. The second kappa shape index (κ2) is 6.49. The maximum absolute atomic E-state index is 9.66. The summed E-state index contributed by atoms with van der Waals surface area (Å²) < 4.78 is 0. The lowest BCUT2D eigenvalue weighted by atomic mass is 9.93. The molecule has 4 rings (SSSR count). The molecule has 4 nitrogen and oxygen atoms in total. The number of nitrogens with one attached hydrogen (secondary N) is 1. The second-order valence-corrected chi connectivity index (χ2v) is 7.48. The number of benzene rings is 1. The molecule has 0 radical (unpaired) electrons. The van der Waals surface area contributed by atoms with Gasteiger partial charge in [-0.1, -0.05) is 12.2 Å². The van der Waals surface area contributed by atoms with Crippen LogP contribution in [0.15, 0.2) is 30.4 Å². The minimum Gasteiger partial charge on any atom is -0.393 e. The van der Waals surface area contributed by atoms with Gasteiger partial charge >= 0.3 is 0 Å². The Morgan fingerprint density at radius 3 is 2.71 bits per heavy atom. The van der Waals surface area contributed by atoms with Crippen molar-refractivity contribution in [1.82, 2.24) is 0 Å². The molecular weight excluding hydrogens is 298 g/mol. The van der Waals surface area contributed by atoms with Crippen LogP contribution in [0.2, 0.25) is 0 Å². The smallest absolute Gasteiger partial charge is 0.101 e. The van der Waals surface area contributed by atoms with Crippen LogP contribution >= 0.6 is 0 Å². The lowest BCUT2D eigenvalue weighted by Gasteiger charge is -2.32. The van der Waals surface area contributed by atoms with Crippen LogP contribution in [0.25, 0.3) is 0 Å². The zero-order valence-corrected chi connectivity index (χ0v) is 14.0. The Labute approximate surface area is 143 Å². The summed E-state index contributed by atoms with van der Waals surface area (Å²) in [4.78, 5) is 2.22. The Hall–Kier alpha value is -1.99. The van der Waals surface area contributed by atoms with E-state index in [4.69, 9.17) is 0 Å². The zero-order chi connectivity index (χ0) is 16.5. The summed E-state index contributed by atoms with van der Waals surface area (Å²) in [7, 11) is 0. The SMILES string of the molecule is N#Cc1cc(NCC2CC3C=CC2C3)ccc1N1CCC(O)CC1. The molecule has 1 aromatic rings. The number of nitrogens with zero attached hydrogens (tertiary/aromatic N) is 2. The first kappa shape index (κ1) is 15.5. The number of hydrogen-bond acceptors (Lipinski definition) is 4. The lowest BCUT2D eigenvalue weighted by Crippen LogP contribution is -2.36. The Bertz CT molecular complexity index is 670. The van der Waals surface area contributed by atoms with Crippen molar-refractivity contribution >= 4 is 11.4 Å². The van der Waals surface area contributed by atoms with Crippen molar-refractivity contribution in [3.8, 4) is 6.07 Å². The standard InChI is InChI=1S/C20H25N3O/c21-12-16-11-18(22-13-17-10-14-1-2-15(17)9-14)3-4-20(16)23-7-5-19(24)6-8-23/h1-4,11,14-15,17,19,22,24H,5-10,13H2. The third kappa shape index (κ3) is 3.01. The fraction of sp³-hybridized carbons (Fsp3) is 0.550. The molecule has 0 aromatic heterocycles. The molecular formula is C20H25N3O. The second-order valence-electron chi connectivity index (χ2n) is 7.48. The molecule has 1 aliphatic heterocycles. The average Bonchev–Trinajstić information content (AvgIpc) is 3.23. The lowest BCUT2D eigenvalue weighted by molar-refractivity contribution is 0.145. The van der Waals surface area contributed by atoms with E-state index in [0.29, 0.717) is 0 Å². The van der Waals surface area contributed by atoms with E-state index >= 15 is 0 Å². The van der Waals surface area contributed by atoms with Gasteiger partial charge in [0.25, 0.3) is 0 Å². The fourth-order valence-electron chi connectivity index (χ4n) is 4.50. The van der Waals surface area contributed by atoms with E-state index in [2.05, 4.69) is 40.6 Å². The molecule has 3 atom stereocenters. The van der Waals surface area contributed by atoms with Gasteiger partial charge in [0.2, 0.25) is 0 Å². The highest BCUT2D eigenvalue weighted by molar-refractivity contribution is 5.65. The zero-order valence-electron chi connectivity index (χ0n) is 14.0. The van der Waals surface area contributed by atoms with Gasteiger partial charge in [0.05, 0.1) is 17.4 Å². The third-order valence-corrected chi connectivity index (χ3v) is 5.91. The number of rotatable bonds is 4. The van der Waals surface area contributed by atoms with Gasteiger partial charge in [0.1, 0.15) is 6.07 Å². The largest absolute Gasteiger partial charge is 0.393 e. The molecule has 1 heterocycles. The molecule has 24 heavy (non-hydrogen) atoms. The van der Waals surface area contributed by atoms with Crippen molar-refractivity contribution < 1.29 is 5.11 Å². The molecule has 126 valence electrons. The number of fused-ring (bicyclic) bond motifs is 2. The van der Waals surface area contributed by atoms with Crippen LogP contribution in [-0.2, 0) is 0 Å². The minimum absolute atomic E-state index is 0.191. The van der Waals surface area contributed by atoms with Crippen LogP contribution in [0.4, 0.5) is 11.4 Å². The molecule has 2 fully saturated rings. The van der Waals surface area contributed by atoms with E-state index in [1.54, 1.807) is 0 Å². The van der Waals surface area contributed by atoms with Crippen molar-refractivity contribution in [2.75, 3.05) is 29.9 Å². The van der Waals surface area contributed by atoms with Crippen molar-refractivity contribution in [1.29, 1.82) is 5.26 Å². The summed E-state index contributed by atoms with van der Waals surface area (Å²) in [6.07, 6.45) is 8.76. The highest BCUT2D eigenvalue weighted by Crippen LogP contribution is 2.43. The normalized spacial score (nSPS) is 29.0. The Kier molecular flexibility index (Phi) is 4.20. The van der Waals surface area contributed by atoms with Crippen LogP contribution < -0.4 is 10.2 Å². The van der Waals surface area contributed by atoms with Crippen molar-refractivity contribution in [2.24, 2.45) is 17.8 Å². The number of anilines is 2. The summed E-state index contributed by atoms with van der Waals surface area (Å²) in [5.41, 5.74) is 2.76. The molecule has 3 unspecified atom stereocenters. The third-order valence-electron chi connectivity index (χ3n) is 5.91. The van der Waals surface area contributed by atoms with E-state index in [9.17, 15) is 10.4 Å². The molecule has 1 aromatic carbocycles. The number of aliphatic hydroxyl groups excluding tert-OH is 1. The van der Waals surface area contributed by atoms with E-state index in [0.717, 1.165) is 67.2 Å². The molecule has 1 saturated heterocycles. The summed E-state index contributed by atoms with van der Waals surface area (Å²) in [6.45, 7) is 2.63. The first-order chi connectivity index (χ1) is 11.7. The topological polar surface area (TPSA) is 59.3 Å². The predicted octanol–water partition coefficient (Wildman–Crippen LogP) is 3.14. The number of hydrogen-bond donors (Lipinski definition) is 2. The van der Waals surface area contributed by atoms with E-state index in [1.165, 1.54) is 12.8 Å². The Morgan fingerprint density at radius 1 is 1.21 bits per heavy atom. The highest BCUT2D eigenvalue weighted by atomic mass is 16.3. The van der Waals surface area contributed by atoms with Crippen LogP contribution in [0.3, 0.4) is 0 Å². The van der Waals surface area contributed by atoms with Crippen molar-refractivity contribution in [3.05, 3.63) is 35.9 Å². The van der Waals surface area contributed by atoms with Gasteiger partial charge in [-0.3, -0.25) is 0 Å². The number of aliphatic hydroxyl groups is 1. The van der Waals surface area contributed by atoms with E-state index in [1.807, 2.05) is 6.07 Å². The molecule has 3 aliphatic rings. The Balaban J connectivity index is 1.42. The molecule has 4 heteroatoms. The maximum Gasteiger partial charge on any atom is 0.101 e. The number of allylic oxidation sites excluding steroid dienone is 2. The minimum atomic E-state index is -0.191. The summed E-state index contributed by atoms with van der Waals surface area (Å²) in [5, 5.41) is 22.7. The molecule has 2 aliphatic carbocycles. The van der Waals surface area contributed by atoms with Gasteiger partial charge in [-0.25, -0.2) is 0 Å². The Morgan fingerprint density at radius 2 is 2.04 bits per heavy atom. The van der Waals surface area contributed by atoms with Gasteiger partial charge < -0.3 is 15.3 Å². The maximum atomic E-state index is 9.66. The quantitative estimate of drug-likeness (QED) is 0.836. The van der Waals surface area contributed by atoms with Gasteiger partial charge in [-0.15, -0.1) is 0 Å². The van der Waals surface area contributed by atoms with Crippen LogP contribution in [0.1, 0.15) is 31.2 Å². The molecule has 1 saturated carbocycles. The first-order valence-electron chi connectivity index (χ1n) is 9.12. The van der Waals surface area contributed by atoms with Gasteiger partial charge in [0.15, 0.2) is 0 Å². The van der Waals surface area contributed by atoms with Crippen LogP contribution in [0, 0.1) is 29.1 Å². The summed E-state index contributed by atoms with van der Waals surface area (Å²) in [5.74, 6) is 2.28. The first-order valence-corrected chi connectivity index (χ1v) is 9.12. The van der Waals surface area contributed by atoms with Crippen LogP contribution in [0.5, 0.6) is 0 Å². The summed E-state index contributed by atoms with van der Waals surface area (Å²) in [6, 6.07) is 8.46. The highest BCUT2D eigenvalue weighted by Gasteiger charge is 2.35. The van der Waals surface area contributed by atoms with Crippen molar-refractivity contribution in [3.63, 3.8) is 0 Å².